The van der Waals surface area contributed by atoms with E-state index in [0.717, 1.165) is 106 Å². The molecule has 11 nitrogen and oxygen atoms in total. The SMILES string of the molecule is CCC1CCCC(CNc2ccc(S(=O)(=O)NC(=O)c3ccc(N4CCN(CC5=C(c6ccc(Cl)cc6)CC(C)(C)CC5)CC4)cc3Oc3ccc4c(c3)C=CC4)cc2[N+](=O)[O-])C1. The smallest absolute Gasteiger partial charge is 0.293 e. The molecule has 2 fully saturated rings. The highest BCUT2D eigenvalue weighted by Gasteiger charge is 2.31. The van der Waals surface area contributed by atoms with Crippen LogP contribution < -0.4 is 19.7 Å². The van der Waals surface area contributed by atoms with Crippen LogP contribution >= 0.6 is 11.6 Å². The first kappa shape index (κ1) is 44.4. The van der Waals surface area contributed by atoms with E-state index in [1.807, 2.05) is 42.5 Å². The van der Waals surface area contributed by atoms with Crippen LogP contribution in [0.3, 0.4) is 0 Å². The van der Waals surface area contributed by atoms with Gasteiger partial charge in [0.1, 0.15) is 17.2 Å². The number of anilines is 2. The molecule has 0 spiro atoms. The first-order valence-electron chi connectivity index (χ1n) is 22.4. The van der Waals surface area contributed by atoms with Crippen LogP contribution in [0.5, 0.6) is 11.5 Å². The molecule has 3 aliphatic carbocycles. The van der Waals surface area contributed by atoms with Gasteiger partial charge in [-0.15, -0.1) is 0 Å². The number of hydrogen-bond acceptors (Lipinski definition) is 9. The van der Waals surface area contributed by atoms with E-state index >= 15 is 0 Å². The third-order valence-electron chi connectivity index (χ3n) is 13.5. The van der Waals surface area contributed by atoms with Gasteiger partial charge in [0.25, 0.3) is 21.6 Å². The fourth-order valence-corrected chi connectivity index (χ4v) is 10.8. The Morgan fingerprint density at radius 2 is 1.75 bits per heavy atom. The van der Waals surface area contributed by atoms with Crippen LogP contribution in [-0.2, 0) is 16.4 Å². The van der Waals surface area contributed by atoms with E-state index in [0.29, 0.717) is 24.1 Å². The maximum atomic E-state index is 14.0. The Morgan fingerprint density at radius 1 is 0.968 bits per heavy atom. The van der Waals surface area contributed by atoms with Crippen molar-refractivity contribution >= 4 is 56.2 Å². The molecule has 4 aliphatic rings. The van der Waals surface area contributed by atoms with Crippen molar-refractivity contribution in [1.29, 1.82) is 0 Å². The minimum Gasteiger partial charge on any atom is -0.456 e. The number of amides is 1. The highest BCUT2D eigenvalue weighted by molar-refractivity contribution is 7.90. The number of sulfonamides is 1. The number of nitrogens with one attached hydrogen (secondary N) is 2. The summed E-state index contributed by atoms with van der Waals surface area (Å²) in [5, 5.41) is 16.1. The lowest BCUT2D eigenvalue weighted by Crippen LogP contribution is -2.47. The molecule has 1 saturated carbocycles. The number of nitro groups is 1. The highest BCUT2D eigenvalue weighted by atomic mass is 35.5. The van der Waals surface area contributed by atoms with Crippen LogP contribution in [-0.4, -0.2) is 63.4 Å². The molecule has 2 atom stereocenters. The Hall–Kier alpha value is -5.17. The predicted molar refractivity (Wildman–Crippen MR) is 252 cm³/mol. The average molecular weight is 893 g/mol. The number of piperazine rings is 1. The molecule has 4 aromatic rings. The van der Waals surface area contributed by atoms with Gasteiger partial charge in [0, 0.05) is 62.1 Å². The fourth-order valence-electron chi connectivity index (χ4n) is 9.72. The number of nitro benzene ring substituents is 1. The third-order valence-corrected chi connectivity index (χ3v) is 15.1. The maximum Gasteiger partial charge on any atom is 0.293 e. The molecule has 13 heteroatoms. The van der Waals surface area contributed by atoms with Gasteiger partial charge in [-0.2, -0.15) is 0 Å². The monoisotopic (exact) mass is 891 g/mol. The molecular formula is C50H58ClN5O6S. The summed E-state index contributed by atoms with van der Waals surface area (Å²) >= 11 is 6.25. The summed E-state index contributed by atoms with van der Waals surface area (Å²) < 4.78 is 36.1. The van der Waals surface area contributed by atoms with Crippen LogP contribution in [0, 0.1) is 27.4 Å². The molecule has 4 aromatic carbocycles. The number of halogens is 1. The number of benzene rings is 4. The quantitative estimate of drug-likeness (QED) is 0.0937. The molecule has 1 amide bonds. The molecule has 0 bridgehead atoms. The molecule has 8 rings (SSSR count). The van der Waals surface area contributed by atoms with Crippen LogP contribution in [0.4, 0.5) is 17.1 Å². The number of hydrogen-bond donors (Lipinski definition) is 2. The first-order chi connectivity index (χ1) is 30.2. The van der Waals surface area contributed by atoms with Crippen molar-refractivity contribution in [3.8, 4) is 11.5 Å². The fraction of sp³-hybridized carbons (Fsp3) is 0.420. The summed E-state index contributed by atoms with van der Waals surface area (Å²) in [5.74, 6) is 0.843. The lowest BCUT2D eigenvalue weighted by atomic mass is 9.72. The normalized spacial score (nSPS) is 20.0. The largest absolute Gasteiger partial charge is 0.456 e. The van der Waals surface area contributed by atoms with Gasteiger partial charge in [0.2, 0.25) is 0 Å². The third kappa shape index (κ3) is 10.6. The zero-order chi connectivity index (χ0) is 44.3. The molecule has 1 saturated heterocycles. The van der Waals surface area contributed by atoms with Crippen molar-refractivity contribution in [3.05, 3.63) is 128 Å². The zero-order valence-corrected chi connectivity index (χ0v) is 38.1. The molecule has 63 heavy (non-hydrogen) atoms. The van der Waals surface area contributed by atoms with Crippen LogP contribution in [0.25, 0.3) is 11.6 Å². The van der Waals surface area contributed by atoms with Crippen molar-refractivity contribution in [3.63, 3.8) is 0 Å². The second kappa shape index (κ2) is 18.9. The highest BCUT2D eigenvalue weighted by Crippen LogP contribution is 2.44. The van der Waals surface area contributed by atoms with Crippen molar-refractivity contribution in [1.82, 2.24) is 9.62 Å². The van der Waals surface area contributed by atoms with E-state index in [2.05, 4.69) is 58.8 Å². The summed E-state index contributed by atoms with van der Waals surface area (Å²) in [7, 11) is -4.53. The van der Waals surface area contributed by atoms with E-state index in [9.17, 15) is 23.3 Å². The van der Waals surface area contributed by atoms with Gasteiger partial charge in [-0.1, -0.05) is 87.6 Å². The second-order valence-electron chi connectivity index (χ2n) is 18.5. The zero-order valence-electron chi connectivity index (χ0n) is 36.5. The summed E-state index contributed by atoms with van der Waals surface area (Å²) in [5.41, 5.74) is 7.32. The van der Waals surface area contributed by atoms with E-state index in [1.165, 1.54) is 40.8 Å². The molecular weight excluding hydrogens is 834 g/mol. The Balaban J connectivity index is 0.993. The van der Waals surface area contributed by atoms with Gasteiger partial charge < -0.3 is 15.0 Å². The second-order valence-corrected chi connectivity index (χ2v) is 20.6. The van der Waals surface area contributed by atoms with E-state index in [4.69, 9.17) is 16.3 Å². The molecule has 2 N–H and O–H groups in total. The van der Waals surface area contributed by atoms with Crippen molar-refractivity contribution in [2.24, 2.45) is 17.3 Å². The Labute approximate surface area is 376 Å². The van der Waals surface area contributed by atoms with Gasteiger partial charge in [-0.25, -0.2) is 13.1 Å². The van der Waals surface area contributed by atoms with E-state index < -0.39 is 20.9 Å². The number of rotatable bonds is 14. The topological polar surface area (TPSA) is 134 Å². The van der Waals surface area contributed by atoms with Gasteiger partial charge in [0.15, 0.2) is 0 Å². The lowest BCUT2D eigenvalue weighted by molar-refractivity contribution is -0.384. The summed E-state index contributed by atoms with van der Waals surface area (Å²) in [6.45, 7) is 11.5. The summed E-state index contributed by atoms with van der Waals surface area (Å²) in [6.07, 6.45) is 13.7. The average Bonchev–Trinajstić information content (AvgIpc) is 3.75. The maximum absolute atomic E-state index is 14.0. The molecule has 1 heterocycles. The Morgan fingerprint density at radius 3 is 2.51 bits per heavy atom. The number of carbonyl (C=O) groups is 1. The summed E-state index contributed by atoms with van der Waals surface area (Å²) in [6, 6.07) is 22.9. The van der Waals surface area contributed by atoms with Gasteiger partial charge >= 0.3 is 0 Å². The van der Waals surface area contributed by atoms with Crippen molar-refractivity contribution < 1.29 is 22.9 Å². The van der Waals surface area contributed by atoms with Crippen molar-refractivity contribution in [2.75, 3.05) is 49.5 Å². The number of carbonyl (C=O) groups excluding carboxylic acids is 1. The summed E-state index contributed by atoms with van der Waals surface area (Å²) in [4.78, 5) is 30.0. The van der Waals surface area contributed by atoms with E-state index in [-0.39, 0.29) is 33.0 Å². The first-order valence-corrected chi connectivity index (χ1v) is 24.2. The molecule has 332 valence electrons. The molecule has 0 radical (unpaired) electrons. The van der Waals surface area contributed by atoms with E-state index in [1.54, 1.807) is 12.1 Å². The number of allylic oxidation sites excluding steroid dienone is 2. The van der Waals surface area contributed by atoms with Gasteiger partial charge in [-0.05, 0) is 127 Å². The Kier molecular flexibility index (Phi) is 13.3. The minimum absolute atomic E-state index is 0.0181. The lowest BCUT2D eigenvalue weighted by Gasteiger charge is -2.39. The predicted octanol–water partition coefficient (Wildman–Crippen LogP) is 11.1. The molecule has 1 aliphatic heterocycles. The number of fused-ring (bicyclic) bond motifs is 1. The standard InChI is InChI=1S/C50H58ClN5O6S/c1-4-34-7-5-8-35(27-34)32-52-46-20-18-43(30-47(46)56(58)59)63(60,61)53-49(57)44-19-16-41(29-48(44)62-42-17-13-36-9-6-10-38(36)28-42)55-25-23-54(24-26-55)33-39-21-22-50(2,3)31-45(39)37-11-14-40(51)15-12-37/h6,10-20,28-30,34-35,52H,4-5,7-9,21-27,31-33H2,1-3H3,(H,53,57). The molecule has 2 unspecified atom stereocenters. The van der Waals surface area contributed by atoms with Crippen molar-refractivity contribution in [2.45, 2.75) is 83.5 Å². The molecule has 0 aromatic heterocycles. The van der Waals surface area contributed by atoms with Crippen LogP contribution in [0.2, 0.25) is 5.02 Å². The minimum atomic E-state index is -4.53. The van der Waals surface area contributed by atoms with Crippen LogP contribution in [0.1, 0.15) is 99.2 Å². The Bertz CT molecular complexity index is 2530. The number of ether oxygens (including phenoxy) is 1. The van der Waals surface area contributed by atoms with Gasteiger partial charge in [0.05, 0.1) is 15.4 Å². The van der Waals surface area contributed by atoms with Crippen LogP contribution in [0.15, 0.2) is 95.4 Å². The number of nitrogens with zero attached hydrogens (tertiary/aromatic N) is 3. The van der Waals surface area contributed by atoms with Gasteiger partial charge in [-0.3, -0.25) is 19.8 Å².